The van der Waals surface area contributed by atoms with E-state index in [1.54, 1.807) is 23.7 Å². The first-order valence-electron chi connectivity index (χ1n) is 20.9. The molecule has 0 saturated carbocycles. The van der Waals surface area contributed by atoms with Crippen LogP contribution in [0.25, 0.3) is 98.6 Å². The summed E-state index contributed by atoms with van der Waals surface area (Å²) < 4.78 is 21.6. The molecule has 0 aliphatic heterocycles. The molecule has 8 nitrogen and oxygen atoms in total. The largest absolute Gasteiger partial charge is 0.343 e. The van der Waals surface area contributed by atoms with Crippen LogP contribution in [0.2, 0.25) is 0 Å². The number of rotatable bonds is 2. The molecule has 0 aliphatic carbocycles. The number of aromatic nitrogens is 4. The van der Waals surface area contributed by atoms with E-state index in [0.717, 1.165) is 33.5 Å². The average Bonchev–Trinajstić information content (AvgIpc) is 3.33. The van der Waals surface area contributed by atoms with E-state index in [1.165, 1.54) is 18.2 Å². The van der Waals surface area contributed by atoms with Gasteiger partial charge in [-0.3, -0.25) is 19.2 Å². The summed E-state index contributed by atoms with van der Waals surface area (Å²) in [6.07, 6.45) is 0. The Morgan fingerprint density at radius 3 is 1.14 bits per heavy atom. The van der Waals surface area contributed by atoms with Gasteiger partial charge in [0.15, 0.2) is 21.7 Å². The maximum absolute atomic E-state index is 13.8. The summed E-state index contributed by atoms with van der Waals surface area (Å²) in [5.74, 6) is -0.403. The van der Waals surface area contributed by atoms with Crippen LogP contribution < -0.4 is 21.7 Å². The summed E-state index contributed by atoms with van der Waals surface area (Å²) in [7, 11) is 3.68. The SMILES string of the molecule is Cc1ccc2c(=O)c3cc4c(cc3n(C)c2c1)c(=O)c1ccc(F)cc1n4C.O=c1c2ccccc2n(-c2ccccc2)c2cc3c(=O)c4ccccc4n(-c4ccccc4)c3cc12. The molecular weight excluding hydrogens is 800 g/mol. The molecule has 4 aromatic heterocycles. The molecule has 9 heteroatoms. The molecule has 0 unspecified atom stereocenters. The molecule has 12 rings (SSSR count). The maximum atomic E-state index is 13.8. The Hall–Kier alpha value is -8.43. The van der Waals surface area contributed by atoms with E-state index in [-0.39, 0.29) is 21.7 Å². The quantitative estimate of drug-likeness (QED) is 0.162. The zero-order chi connectivity index (χ0) is 44.0. The van der Waals surface area contributed by atoms with E-state index < -0.39 is 5.82 Å². The first kappa shape index (κ1) is 38.5. The van der Waals surface area contributed by atoms with Gasteiger partial charge in [-0.2, -0.15) is 0 Å². The van der Waals surface area contributed by atoms with Crippen LogP contribution in [0.3, 0.4) is 0 Å². The minimum absolute atomic E-state index is 0.0464. The number of halogens is 1. The Balaban J connectivity index is 0.000000147. The molecule has 12 aromatic rings. The van der Waals surface area contributed by atoms with Crippen molar-refractivity contribution in [2.45, 2.75) is 6.92 Å². The molecule has 0 aliphatic rings. The van der Waals surface area contributed by atoms with E-state index in [1.807, 2.05) is 158 Å². The smallest absolute Gasteiger partial charge is 0.197 e. The zero-order valence-electron chi connectivity index (χ0n) is 35.0. The van der Waals surface area contributed by atoms with Crippen molar-refractivity contribution in [3.8, 4) is 11.4 Å². The van der Waals surface area contributed by atoms with Gasteiger partial charge >= 0.3 is 0 Å². The average molecular weight is 837 g/mol. The van der Waals surface area contributed by atoms with Gasteiger partial charge in [-0.15, -0.1) is 0 Å². The number of aryl methyl sites for hydroxylation is 3. The monoisotopic (exact) mass is 836 g/mol. The molecule has 0 amide bonds. The number of para-hydroxylation sites is 4. The Bertz CT molecular complexity index is 3940. The second-order valence-electron chi connectivity index (χ2n) is 16.3. The van der Waals surface area contributed by atoms with Gasteiger partial charge in [-0.25, -0.2) is 4.39 Å². The fourth-order valence-electron chi connectivity index (χ4n) is 9.42. The van der Waals surface area contributed by atoms with Crippen LogP contribution in [-0.2, 0) is 14.1 Å². The lowest BCUT2D eigenvalue weighted by atomic mass is 10.0. The van der Waals surface area contributed by atoms with Crippen molar-refractivity contribution in [2.75, 3.05) is 0 Å². The highest BCUT2D eigenvalue weighted by Gasteiger charge is 2.19. The Morgan fingerprint density at radius 1 is 0.328 bits per heavy atom. The molecule has 0 radical (unpaired) electrons. The third-order valence-corrected chi connectivity index (χ3v) is 12.5. The normalized spacial score (nSPS) is 11.7. The van der Waals surface area contributed by atoms with Crippen LogP contribution in [0.4, 0.5) is 4.39 Å². The van der Waals surface area contributed by atoms with Crippen molar-refractivity contribution in [3.63, 3.8) is 0 Å². The van der Waals surface area contributed by atoms with Crippen LogP contribution in [0.5, 0.6) is 0 Å². The molecule has 0 N–H and O–H groups in total. The van der Waals surface area contributed by atoms with Crippen molar-refractivity contribution in [1.82, 2.24) is 18.3 Å². The van der Waals surface area contributed by atoms with Gasteiger partial charge in [0.1, 0.15) is 5.82 Å². The van der Waals surface area contributed by atoms with Crippen molar-refractivity contribution in [2.24, 2.45) is 14.1 Å². The highest BCUT2D eigenvalue weighted by Crippen LogP contribution is 2.31. The Morgan fingerprint density at radius 2 is 0.672 bits per heavy atom. The van der Waals surface area contributed by atoms with Crippen LogP contribution in [0.15, 0.2) is 189 Å². The minimum atomic E-state index is -0.403. The van der Waals surface area contributed by atoms with Gasteiger partial charge in [-0.05, 0) is 116 Å². The van der Waals surface area contributed by atoms with E-state index in [9.17, 15) is 23.6 Å². The number of pyridine rings is 4. The van der Waals surface area contributed by atoms with Gasteiger partial charge in [0.25, 0.3) is 0 Å². The number of fused-ring (bicyclic) bond motifs is 8. The number of hydrogen-bond donors (Lipinski definition) is 0. The van der Waals surface area contributed by atoms with E-state index in [2.05, 4.69) is 9.13 Å². The molecule has 8 aromatic carbocycles. The standard InChI is InChI=1S/C32H20N2O2.C23H17FN2O2/c35-31-23-15-7-9-17-27(23)33(21-11-3-1-4-12-21)29-19-26-30(20-25(29)31)34(22-13-5-2-6-14-22)28-18-10-8-16-24(28)32(26)36;1-12-4-6-14-18(8-12)25(2)20-10-17-21(11-16(20)22(14)27)26(3)19-9-13(24)5-7-15(19)23(17)28/h1-20H;4-11H,1-3H3. The van der Waals surface area contributed by atoms with Crippen LogP contribution in [-0.4, -0.2) is 18.3 Å². The molecule has 0 bridgehead atoms. The molecule has 0 spiro atoms. The van der Waals surface area contributed by atoms with Crippen molar-refractivity contribution in [1.29, 1.82) is 0 Å². The molecule has 0 saturated heterocycles. The van der Waals surface area contributed by atoms with Gasteiger partial charge < -0.3 is 18.3 Å². The van der Waals surface area contributed by atoms with E-state index >= 15 is 0 Å². The molecule has 0 atom stereocenters. The molecular formula is C55H37FN4O4. The number of hydrogen-bond acceptors (Lipinski definition) is 4. The second-order valence-corrected chi connectivity index (χ2v) is 16.3. The Labute approximate surface area is 363 Å². The summed E-state index contributed by atoms with van der Waals surface area (Å²) in [5.41, 5.74) is 8.29. The summed E-state index contributed by atoms with van der Waals surface area (Å²) in [6, 6.07) is 52.4. The lowest BCUT2D eigenvalue weighted by molar-refractivity contribution is 0.629. The van der Waals surface area contributed by atoms with Crippen molar-refractivity contribution < 1.29 is 4.39 Å². The summed E-state index contributed by atoms with van der Waals surface area (Å²) >= 11 is 0. The molecule has 308 valence electrons. The number of nitrogens with zero attached hydrogens (tertiary/aromatic N) is 4. The first-order chi connectivity index (χ1) is 31.1. The third kappa shape index (κ3) is 5.81. The molecule has 64 heavy (non-hydrogen) atoms. The summed E-state index contributed by atoms with van der Waals surface area (Å²) in [6.45, 7) is 1.98. The van der Waals surface area contributed by atoms with Crippen molar-refractivity contribution in [3.05, 3.63) is 222 Å². The minimum Gasteiger partial charge on any atom is -0.343 e. The van der Waals surface area contributed by atoms with Crippen LogP contribution in [0, 0.1) is 12.7 Å². The Kier molecular flexibility index (Phi) is 8.78. The van der Waals surface area contributed by atoms with Crippen LogP contribution >= 0.6 is 0 Å². The maximum Gasteiger partial charge on any atom is 0.197 e. The molecule has 0 fully saturated rings. The number of benzene rings is 8. The fraction of sp³-hybridized carbons (Fsp3) is 0.0545. The summed E-state index contributed by atoms with van der Waals surface area (Å²) in [5, 5.41) is 4.57. The van der Waals surface area contributed by atoms with Gasteiger partial charge in [-0.1, -0.05) is 66.7 Å². The van der Waals surface area contributed by atoms with Crippen LogP contribution in [0.1, 0.15) is 5.56 Å². The van der Waals surface area contributed by atoms with Gasteiger partial charge in [0.2, 0.25) is 0 Å². The van der Waals surface area contributed by atoms with E-state index in [0.29, 0.717) is 70.7 Å². The predicted octanol–water partition coefficient (Wildman–Crippen LogP) is 10.7. The zero-order valence-corrected chi connectivity index (χ0v) is 35.0. The van der Waals surface area contributed by atoms with E-state index in [4.69, 9.17) is 0 Å². The topological polar surface area (TPSA) is 88.0 Å². The second kappa shape index (κ2) is 14.6. The summed E-state index contributed by atoms with van der Waals surface area (Å²) in [4.78, 5) is 53.9. The lowest BCUT2D eigenvalue weighted by Crippen LogP contribution is -2.14. The molecule has 4 heterocycles. The third-order valence-electron chi connectivity index (χ3n) is 12.5. The van der Waals surface area contributed by atoms with Gasteiger partial charge in [0.05, 0.1) is 44.1 Å². The lowest BCUT2D eigenvalue weighted by Gasteiger charge is -2.19. The highest BCUT2D eigenvalue weighted by atomic mass is 19.1. The highest BCUT2D eigenvalue weighted by molar-refractivity contribution is 6.06. The fourth-order valence-corrected chi connectivity index (χ4v) is 9.42. The first-order valence-corrected chi connectivity index (χ1v) is 20.9. The van der Waals surface area contributed by atoms with Crippen molar-refractivity contribution >= 4 is 87.2 Å². The predicted molar refractivity (Wildman–Crippen MR) is 259 cm³/mol. The van der Waals surface area contributed by atoms with Gasteiger partial charge in [0, 0.05) is 68.6 Å².